The molecule has 6 heteroatoms. The summed E-state index contributed by atoms with van der Waals surface area (Å²) in [5.74, 6) is 2.26. The first-order chi connectivity index (χ1) is 13.7. The van der Waals surface area contributed by atoms with Crippen LogP contribution in [0, 0.1) is 5.41 Å². The Hall–Kier alpha value is -2.08. The first kappa shape index (κ1) is 19.2. The molecule has 1 aromatic heterocycles. The summed E-state index contributed by atoms with van der Waals surface area (Å²) in [6, 6.07) is 6.50. The number of likely N-dealkylation sites (N-methyl/N-ethyl adjacent to an activating group) is 1. The SMILES string of the molecule is CCN1CCN(c2cccc(N3CCC4(CCN(/C=C/C=O)CC4)C3)n2)CC1. The molecule has 0 atom stereocenters. The zero-order chi connectivity index (χ0) is 19.4. The number of rotatable bonds is 5. The Balaban J connectivity index is 1.37. The van der Waals surface area contributed by atoms with E-state index in [1.807, 2.05) is 6.20 Å². The van der Waals surface area contributed by atoms with Crippen molar-refractivity contribution in [1.29, 1.82) is 0 Å². The third kappa shape index (κ3) is 4.17. The van der Waals surface area contributed by atoms with Gasteiger partial charge in [-0.3, -0.25) is 4.79 Å². The van der Waals surface area contributed by atoms with Gasteiger partial charge in [0.1, 0.15) is 17.9 Å². The standard InChI is InChI=1S/C22H33N5O/c1-2-24-14-16-26(17-15-24)20-5-3-6-21(23-20)27-13-9-22(19-27)7-11-25(12-8-22)10-4-18-28/h3-6,10,18H,2,7-9,11-17,19H2,1H3/b10-4+. The quantitative estimate of drug-likeness (QED) is 0.574. The van der Waals surface area contributed by atoms with Gasteiger partial charge in [-0.15, -0.1) is 0 Å². The van der Waals surface area contributed by atoms with Crippen LogP contribution in [0.15, 0.2) is 30.5 Å². The van der Waals surface area contributed by atoms with E-state index in [-0.39, 0.29) is 0 Å². The van der Waals surface area contributed by atoms with Crippen LogP contribution in [0.3, 0.4) is 0 Å². The summed E-state index contributed by atoms with van der Waals surface area (Å²) in [6.45, 7) is 12.1. The van der Waals surface area contributed by atoms with Crippen LogP contribution in [0.4, 0.5) is 11.6 Å². The molecule has 6 nitrogen and oxygen atoms in total. The van der Waals surface area contributed by atoms with Crippen LogP contribution in [0.25, 0.3) is 0 Å². The minimum atomic E-state index is 0.413. The second kappa shape index (κ2) is 8.52. The molecule has 3 saturated heterocycles. The van der Waals surface area contributed by atoms with Crippen molar-refractivity contribution in [2.24, 2.45) is 5.41 Å². The molecule has 4 heterocycles. The lowest BCUT2D eigenvalue weighted by atomic mass is 9.78. The monoisotopic (exact) mass is 383 g/mol. The number of allylic oxidation sites excluding steroid dienone is 1. The number of aromatic nitrogens is 1. The lowest BCUT2D eigenvalue weighted by Gasteiger charge is -2.39. The molecule has 0 bridgehead atoms. The fourth-order valence-corrected chi connectivity index (χ4v) is 4.90. The van der Waals surface area contributed by atoms with Crippen molar-refractivity contribution < 1.29 is 4.79 Å². The minimum Gasteiger partial charge on any atom is -0.377 e. The van der Waals surface area contributed by atoms with E-state index in [0.29, 0.717) is 5.41 Å². The molecule has 1 aromatic rings. The van der Waals surface area contributed by atoms with Gasteiger partial charge in [0.25, 0.3) is 0 Å². The smallest absolute Gasteiger partial charge is 0.144 e. The molecule has 4 rings (SSSR count). The zero-order valence-corrected chi connectivity index (χ0v) is 17.1. The van der Waals surface area contributed by atoms with Crippen molar-refractivity contribution in [3.8, 4) is 0 Å². The lowest BCUT2D eigenvalue weighted by molar-refractivity contribution is -0.104. The van der Waals surface area contributed by atoms with Gasteiger partial charge in [-0.1, -0.05) is 13.0 Å². The second-order valence-corrected chi connectivity index (χ2v) is 8.46. The van der Waals surface area contributed by atoms with Crippen molar-refractivity contribution in [2.45, 2.75) is 26.2 Å². The Morgan fingerprint density at radius 1 is 0.964 bits per heavy atom. The van der Waals surface area contributed by atoms with E-state index in [9.17, 15) is 4.79 Å². The number of aldehydes is 1. The molecule has 3 fully saturated rings. The van der Waals surface area contributed by atoms with Crippen LogP contribution >= 0.6 is 0 Å². The highest BCUT2D eigenvalue weighted by atomic mass is 16.1. The summed E-state index contributed by atoms with van der Waals surface area (Å²) in [7, 11) is 0. The summed E-state index contributed by atoms with van der Waals surface area (Å²) >= 11 is 0. The molecule has 0 aromatic carbocycles. The fourth-order valence-electron chi connectivity index (χ4n) is 4.90. The molecule has 3 aliphatic rings. The molecule has 152 valence electrons. The molecule has 0 N–H and O–H groups in total. The van der Waals surface area contributed by atoms with Crippen molar-refractivity contribution in [3.05, 3.63) is 30.5 Å². The fraction of sp³-hybridized carbons (Fsp3) is 0.636. The molecule has 0 aliphatic carbocycles. The molecule has 0 radical (unpaired) electrons. The number of hydrogen-bond acceptors (Lipinski definition) is 6. The van der Waals surface area contributed by atoms with Crippen LogP contribution in [0.1, 0.15) is 26.2 Å². The Kier molecular flexibility index (Phi) is 5.85. The molecule has 0 saturated carbocycles. The number of carbonyl (C=O) groups excluding carboxylic acids is 1. The highest BCUT2D eigenvalue weighted by molar-refractivity contribution is 5.64. The number of piperazine rings is 1. The van der Waals surface area contributed by atoms with E-state index in [1.165, 1.54) is 19.3 Å². The molecule has 0 unspecified atom stereocenters. The predicted molar refractivity (Wildman–Crippen MR) is 114 cm³/mol. The van der Waals surface area contributed by atoms with Crippen LogP contribution in [0.2, 0.25) is 0 Å². The van der Waals surface area contributed by atoms with Crippen molar-refractivity contribution in [1.82, 2.24) is 14.8 Å². The minimum absolute atomic E-state index is 0.413. The van der Waals surface area contributed by atoms with Crippen molar-refractivity contribution in [3.63, 3.8) is 0 Å². The maximum atomic E-state index is 10.5. The maximum absolute atomic E-state index is 10.5. The van der Waals surface area contributed by atoms with Gasteiger partial charge in [0.2, 0.25) is 0 Å². The molecular weight excluding hydrogens is 350 g/mol. The largest absolute Gasteiger partial charge is 0.377 e. The highest BCUT2D eigenvalue weighted by Gasteiger charge is 2.40. The van der Waals surface area contributed by atoms with Crippen LogP contribution in [-0.4, -0.2) is 80.0 Å². The zero-order valence-electron chi connectivity index (χ0n) is 17.1. The number of anilines is 2. The van der Waals surface area contributed by atoms with Gasteiger partial charge < -0.3 is 19.6 Å². The number of likely N-dealkylation sites (tertiary alicyclic amines) is 1. The van der Waals surface area contributed by atoms with Gasteiger partial charge in [-0.05, 0) is 49.4 Å². The number of carbonyl (C=O) groups is 1. The van der Waals surface area contributed by atoms with Gasteiger partial charge in [0.05, 0.1) is 0 Å². The van der Waals surface area contributed by atoms with Gasteiger partial charge in [-0.2, -0.15) is 0 Å². The Labute approximate surface area is 168 Å². The molecule has 3 aliphatic heterocycles. The van der Waals surface area contributed by atoms with Gasteiger partial charge in [-0.25, -0.2) is 4.98 Å². The molecular formula is C22H33N5O. The Morgan fingerprint density at radius 3 is 2.32 bits per heavy atom. The van der Waals surface area contributed by atoms with Gasteiger partial charge >= 0.3 is 0 Å². The summed E-state index contributed by atoms with van der Waals surface area (Å²) in [4.78, 5) is 25.3. The number of nitrogens with zero attached hydrogens (tertiary/aromatic N) is 5. The normalized spacial score (nSPS) is 23.1. The predicted octanol–water partition coefficient (Wildman–Crippen LogP) is 2.23. The van der Waals surface area contributed by atoms with Crippen LogP contribution < -0.4 is 9.80 Å². The highest BCUT2D eigenvalue weighted by Crippen LogP contribution is 2.41. The summed E-state index contributed by atoms with van der Waals surface area (Å²) < 4.78 is 0. The van der Waals surface area contributed by atoms with E-state index in [2.05, 4.69) is 44.7 Å². The van der Waals surface area contributed by atoms with E-state index in [4.69, 9.17) is 4.98 Å². The first-order valence-electron chi connectivity index (χ1n) is 10.8. The number of piperidine rings is 1. The summed E-state index contributed by atoms with van der Waals surface area (Å²) in [5.41, 5.74) is 0.413. The average molecular weight is 384 g/mol. The topological polar surface area (TPSA) is 42.9 Å². The first-order valence-corrected chi connectivity index (χ1v) is 10.8. The van der Waals surface area contributed by atoms with Gasteiger partial charge in [0, 0.05) is 58.6 Å². The maximum Gasteiger partial charge on any atom is 0.144 e. The Bertz CT molecular complexity index is 690. The summed E-state index contributed by atoms with van der Waals surface area (Å²) in [6.07, 6.45) is 8.06. The number of pyridine rings is 1. The van der Waals surface area contributed by atoms with E-state index < -0.39 is 0 Å². The van der Waals surface area contributed by atoms with Crippen LogP contribution in [0.5, 0.6) is 0 Å². The van der Waals surface area contributed by atoms with Crippen molar-refractivity contribution in [2.75, 3.05) is 68.7 Å². The lowest BCUT2D eigenvalue weighted by Crippen LogP contribution is -2.46. The molecule has 0 amide bonds. The molecule has 28 heavy (non-hydrogen) atoms. The third-order valence-corrected chi connectivity index (χ3v) is 6.86. The van der Waals surface area contributed by atoms with E-state index in [1.54, 1.807) is 6.08 Å². The number of hydrogen-bond donors (Lipinski definition) is 0. The second-order valence-electron chi connectivity index (χ2n) is 8.46. The van der Waals surface area contributed by atoms with E-state index >= 15 is 0 Å². The third-order valence-electron chi connectivity index (χ3n) is 6.86. The van der Waals surface area contributed by atoms with Crippen molar-refractivity contribution >= 4 is 17.9 Å². The Morgan fingerprint density at radius 2 is 1.64 bits per heavy atom. The average Bonchev–Trinajstić information content (AvgIpc) is 3.17. The van der Waals surface area contributed by atoms with Gasteiger partial charge in [0.15, 0.2) is 0 Å². The molecule has 1 spiro atoms. The van der Waals surface area contributed by atoms with Crippen LogP contribution in [-0.2, 0) is 4.79 Å². The summed E-state index contributed by atoms with van der Waals surface area (Å²) in [5, 5.41) is 0. The van der Waals surface area contributed by atoms with E-state index in [0.717, 1.165) is 76.8 Å².